The second kappa shape index (κ2) is 19.5. The molecule has 0 saturated carbocycles. The summed E-state index contributed by atoms with van der Waals surface area (Å²) in [5.74, 6) is 0.287. The summed E-state index contributed by atoms with van der Waals surface area (Å²) >= 11 is 5.48. The summed E-state index contributed by atoms with van der Waals surface area (Å²) in [4.78, 5) is 11.1. The Labute approximate surface area is 204 Å². The van der Waals surface area contributed by atoms with Crippen molar-refractivity contribution in [2.24, 2.45) is 0 Å². The number of carbonyl (C=O) groups excluding carboxylic acids is 1. The van der Waals surface area contributed by atoms with Gasteiger partial charge in [-0.1, -0.05) is 75.1 Å². The van der Waals surface area contributed by atoms with Crippen LogP contribution in [0.5, 0.6) is 0 Å². The van der Waals surface area contributed by atoms with Crippen molar-refractivity contribution in [2.75, 3.05) is 19.1 Å². The summed E-state index contributed by atoms with van der Waals surface area (Å²) in [7, 11) is -3.55. The van der Waals surface area contributed by atoms with Crippen LogP contribution in [0.25, 0.3) is 0 Å². The van der Waals surface area contributed by atoms with Gasteiger partial charge >= 0.3 is 0 Å². The van der Waals surface area contributed by atoms with Crippen LogP contribution in [0.2, 0.25) is 0 Å². The number of aliphatic hydroxyl groups is 1. The highest BCUT2D eigenvalue weighted by Gasteiger charge is 2.31. The molecule has 0 spiro atoms. The number of hydrogen-bond donors (Lipinski definition) is 2. The normalized spacial score (nSPS) is 12.6. The number of fused-ring (bicyclic) bond motifs is 1. The Bertz CT molecular complexity index is 852. The molecule has 186 valence electrons. The molecule has 3 rings (SSSR count). The van der Waals surface area contributed by atoms with Crippen molar-refractivity contribution in [1.29, 1.82) is 0 Å². The predicted molar refractivity (Wildman–Crippen MR) is 135 cm³/mol. The molecular formula is C25H38ClNO5S. The van der Waals surface area contributed by atoms with E-state index in [9.17, 15) is 13.2 Å². The van der Waals surface area contributed by atoms with Gasteiger partial charge < -0.3 is 9.84 Å². The van der Waals surface area contributed by atoms with E-state index >= 15 is 0 Å². The Balaban J connectivity index is 0.000000436. The van der Waals surface area contributed by atoms with Crippen LogP contribution in [0, 0.1) is 0 Å². The van der Waals surface area contributed by atoms with Crippen molar-refractivity contribution in [3.05, 3.63) is 65.7 Å². The van der Waals surface area contributed by atoms with Crippen molar-refractivity contribution in [3.63, 3.8) is 0 Å². The molecule has 0 aliphatic carbocycles. The maximum Gasteiger partial charge on any atom is 0.266 e. The molecular weight excluding hydrogens is 462 g/mol. The van der Waals surface area contributed by atoms with Crippen LogP contribution >= 0.6 is 11.6 Å². The van der Waals surface area contributed by atoms with E-state index in [1.807, 2.05) is 48.9 Å². The molecule has 1 aliphatic rings. The molecule has 0 fully saturated rings. The van der Waals surface area contributed by atoms with E-state index in [1.54, 1.807) is 12.1 Å². The van der Waals surface area contributed by atoms with Gasteiger partial charge in [-0.15, -0.1) is 11.6 Å². The first-order valence-corrected chi connectivity index (χ1v) is 13.3. The second-order valence-electron chi connectivity index (χ2n) is 6.96. The molecule has 2 N–H and O–H groups in total. The molecule has 0 atom stereocenters. The van der Waals surface area contributed by atoms with Crippen molar-refractivity contribution in [3.8, 4) is 0 Å². The number of amides is 1. The molecule has 0 saturated heterocycles. The summed E-state index contributed by atoms with van der Waals surface area (Å²) in [6.45, 7) is 8.03. The van der Waals surface area contributed by atoms with E-state index in [4.69, 9.17) is 21.4 Å². The van der Waals surface area contributed by atoms with Gasteiger partial charge in [-0.3, -0.25) is 4.79 Å². The van der Waals surface area contributed by atoms with Gasteiger partial charge in [0.1, 0.15) is 4.90 Å². The number of benzene rings is 2. The van der Waals surface area contributed by atoms with Crippen molar-refractivity contribution >= 4 is 27.5 Å². The lowest BCUT2D eigenvalue weighted by Crippen LogP contribution is -2.20. The largest absolute Gasteiger partial charge is 0.392 e. The summed E-state index contributed by atoms with van der Waals surface area (Å²) < 4.78 is 29.0. The lowest BCUT2D eigenvalue weighted by Gasteiger charge is -1.93. The van der Waals surface area contributed by atoms with E-state index < -0.39 is 15.9 Å². The van der Waals surface area contributed by atoms with Crippen LogP contribution in [0.1, 0.15) is 68.8 Å². The maximum atomic E-state index is 11.1. The molecule has 33 heavy (non-hydrogen) atoms. The smallest absolute Gasteiger partial charge is 0.266 e. The standard InChI is InChI=1S/C7H15Cl.C7H5NO3S.C7H8O.C4H10O/c1-2-3-4-5-6-7-8;9-7-5-3-1-2-4-6(5)12(10,11)8-7;8-6-7-4-2-1-3-5-7;1-3-5-4-2/h2-7H2,1H3;1-4H,(H,8,9);1-5,8H,6H2;3-4H2,1-2H3. The van der Waals surface area contributed by atoms with Crippen LogP contribution < -0.4 is 4.72 Å². The molecule has 1 amide bonds. The van der Waals surface area contributed by atoms with Gasteiger partial charge in [0.25, 0.3) is 15.9 Å². The number of halogens is 1. The van der Waals surface area contributed by atoms with Gasteiger partial charge in [0.15, 0.2) is 0 Å². The number of nitrogens with one attached hydrogen (secondary N) is 1. The fourth-order valence-corrected chi connectivity index (χ4v) is 3.97. The molecule has 2 aromatic carbocycles. The monoisotopic (exact) mass is 499 g/mol. The predicted octanol–water partition coefficient (Wildman–Crippen LogP) is 5.54. The number of rotatable bonds is 8. The topological polar surface area (TPSA) is 92.7 Å². The van der Waals surface area contributed by atoms with Crippen molar-refractivity contribution in [1.82, 2.24) is 4.72 Å². The summed E-state index contributed by atoms with van der Waals surface area (Å²) in [6, 6.07) is 15.6. The van der Waals surface area contributed by atoms with Gasteiger partial charge in [-0.05, 0) is 38.0 Å². The quantitative estimate of drug-likeness (QED) is 0.367. The zero-order valence-corrected chi connectivity index (χ0v) is 21.5. The lowest BCUT2D eigenvalue weighted by atomic mass is 10.2. The van der Waals surface area contributed by atoms with Gasteiger partial charge in [0.2, 0.25) is 0 Å². The second-order valence-corrected chi connectivity index (χ2v) is 8.99. The Hall–Kier alpha value is -1.93. The van der Waals surface area contributed by atoms with Crippen molar-refractivity contribution < 1.29 is 23.1 Å². The third kappa shape index (κ3) is 14.0. The molecule has 6 nitrogen and oxygen atoms in total. The molecule has 1 heterocycles. The summed E-state index contributed by atoms with van der Waals surface area (Å²) in [6.07, 6.45) is 6.57. The molecule has 0 radical (unpaired) electrons. The number of hydrogen-bond acceptors (Lipinski definition) is 5. The third-order valence-corrected chi connectivity index (χ3v) is 5.98. The maximum absolute atomic E-state index is 11.1. The minimum atomic E-state index is -3.55. The van der Waals surface area contributed by atoms with E-state index in [-0.39, 0.29) is 17.1 Å². The average molecular weight is 500 g/mol. The number of ether oxygens (including phenoxy) is 1. The van der Waals surface area contributed by atoms with Gasteiger partial charge in [-0.25, -0.2) is 13.1 Å². The number of alkyl halides is 1. The zero-order valence-electron chi connectivity index (χ0n) is 19.9. The van der Waals surface area contributed by atoms with Crippen LogP contribution in [-0.2, 0) is 21.4 Å². The Morgan fingerprint density at radius 3 is 1.91 bits per heavy atom. The highest BCUT2D eigenvalue weighted by Crippen LogP contribution is 2.20. The number of aliphatic hydroxyl groups excluding tert-OH is 1. The highest BCUT2D eigenvalue weighted by molar-refractivity contribution is 7.90. The van der Waals surface area contributed by atoms with Crippen LogP contribution in [-0.4, -0.2) is 38.5 Å². The van der Waals surface area contributed by atoms with E-state index in [2.05, 4.69) is 6.92 Å². The van der Waals surface area contributed by atoms with Crippen LogP contribution in [0.3, 0.4) is 0 Å². The fourth-order valence-electron chi connectivity index (χ4n) is 2.61. The molecule has 8 heteroatoms. The Morgan fingerprint density at radius 2 is 1.45 bits per heavy atom. The first kappa shape index (κ1) is 31.1. The minimum absolute atomic E-state index is 0.0648. The average Bonchev–Trinajstić information content (AvgIpc) is 3.07. The van der Waals surface area contributed by atoms with E-state index in [0.29, 0.717) is 0 Å². The lowest BCUT2D eigenvalue weighted by molar-refractivity contribution is 0.0985. The van der Waals surface area contributed by atoms with Gasteiger partial charge in [0.05, 0.1) is 12.2 Å². The Kier molecular flexibility index (Phi) is 18.4. The van der Waals surface area contributed by atoms with Crippen molar-refractivity contribution in [2.45, 2.75) is 64.4 Å². The van der Waals surface area contributed by atoms with Crippen LogP contribution in [0.15, 0.2) is 59.5 Å². The third-order valence-electron chi connectivity index (χ3n) is 4.32. The van der Waals surface area contributed by atoms with Gasteiger partial charge in [0, 0.05) is 19.1 Å². The molecule has 1 aliphatic heterocycles. The first-order chi connectivity index (χ1) is 15.9. The zero-order chi connectivity index (χ0) is 25.0. The fraction of sp³-hybridized carbons (Fsp3) is 0.480. The van der Waals surface area contributed by atoms with E-state index in [0.717, 1.165) is 24.7 Å². The molecule has 0 aromatic heterocycles. The highest BCUT2D eigenvalue weighted by atomic mass is 35.5. The first-order valence-electron chi connectivity index (χ1n) is 11.3. The molecule has 0 unspecified atom stereocenters. The number of sulfonamides is 1. The SMILES string of the molecule is CCCCCCCCl.CCOCC.O=C1NS(=O)(=O)c2ccccc21.OCc1ccccc1. The summed E-state index contributed by atoms with van der Waals surface area (Å²) in [5.41, 5.74) is 1.19. The minimum Gasteiger partial charge on any atom is -0.392 e. The van der Waals surface area contributed by atoms with Crippen LogP contribution in [0.4, 0.5) is 0 Å². The van der Waals surface area contributed by atoms with E-state index in [1.165, 1.54) is 44.2 Å². The molecule has 2 aromatic rings. The number of carbonyl (C=O) groups is 1. The summed E-state index contributed by atoms with van der Waals surface area (Å²) in [5, 5.41) is 8.54. The molecule has 0 bridgehead atoms. The van der Waals surface area contributed by atoms with Gasteiger partial charge in [-0.2, -0.15) is 0 Å². The number of unbranched alkanes of at least 4 members (excludes halogenated alkanes) is 4. The Morgan fingerprint density at radius 1 is 0.879 bits per heavy atom.